The Labute approximate surface area is 128 Å². The van der Waals surface area contributed by atoms with Crippen molar-refractivity contribution in [1.82, 2.24) is 0 Å². The Morgan fingerprint density at radius 1 is 1.40 bits per heavy atom. The largest absolute Gasteiger partial charge is 0.381 e. The minimum absolute atomic E-state index is 0.123. The molecule has 1 aromatic carbocycles. The lowest BCUT2D eigenvalue weighted by Gasteiger charge is -2.60. The summed E-state index contributed by atoms with van der Waals surface area (Å²) in [7, 11) is 0. The van der Waals surface area contributed by atoms with Crippen LogP contribution in [-0.4, -0.2) is 18.8 Å². The highest BCUT2D eigenvalue weighted by atomic mass is 79.9. The van der Waals surface area contributed by atoms with E-state index in [-0.39, 0.29) is 11.2 Å². The highest BCUT2D eigenvalue weighted by molar-refractivity contribution is 9.10. The first-order valence-electron chi connectivity index (χ1n) is 7.25. The second kappa shape index (κ2) is 4.99. The molecule has 1 aromatic rings. The van der Waals surface area contributed by atoms with Crippen LogP contribution in [0.4, 0.5) is 10.1 Å². The van der Waals surface area contributed by atoms with E-state index in [0.717, 1.165) is 24.3 Å². The van der Waals surface area contributed by atoms with Crippen LogP contribution in [0.2, 0.25) is 0 Å². The molecule has 1 saturated carbocycles. The van der Waals surface area contributed by atoms with E-state index in [9.17, 15) is 4.39 Å². The van der Waals surface area contributed by atoms with Gasteiger partial charge in [0.25, 0.3) is 0 Å². The topological polar surface area (TPSA) is 21.3 Å². The zero-order chi connectivity index (χ0) is 14.5. The highest BCUT2D eigenvalue weighted by Gasteiger charge is 2.57. The van der Waals surface area contributed by atoms with E-state index in [1.807, 2.05) is 13.0 Å². The molecular weight excluding hydrogens is 321 g/mol. The second-order valence-corrected chi connectivity index (χ2v) is 7.48. The Hall–Kier alpha value is -0.610. The van der Waals surface area contributed by atoms with Crippen LogP contribution in [-0.2, 0) is 4.74 Å². The van der Waals surface area contributed by atoms with E-state index >= 15 is 0 Å². The first-order chi connectivity index (χ1) is 9.41. The third kappa shape index (κ3) is 2.17. The quantitative estimate of drug-likeness (QED) is 0.854. The third-order valence-electron chi connectivity index (χ3n) is 4.91. The first-order valence-corrected chi connectivity index (χ1v) is 8.04. The van der Waals surface area contributed by atoms with Gasteiger partial charge in [-0.1, -0.05) is 13.8 Å². The third-order valence-corrected chi connectivity index (χ3v) is 5.52. The maximum absolute atomic E-state index is 13.5. The molecule has 3 unspecified atom stereocenters. The predicted molar refractivity (Wildman–Crippen MR) is 82.5 cm³/mol. The molecule has 1 heterocycles. The molecule has 2 fully saturated rings. The van der Waals surface area contributed by atoms with Crippen LogP contribution in [0, 0.1) is 24.1 Å². The van der Waals surface area contributed by atoms with Crippen molar-refractivity contribution in [2.75, 3.05) is 11.9 Å². The van der Waals surface area contributed by atoms with Crippen LogP contribution in [0.5, 0.6) is 0 Å². The molecule has 20 heavy (non-hydrogen) atoms. The number of aryl methyl sites for hydroxylation is 1. The molecule has 1 saturated heterocycles. The number of halogens is 2. The summed E-state index contributed by atoms with van der Waals surface area (Å²) < 4.78 is 20.0. The number of nitrogens with one attached hydrogen (secondary N) is 1. The molecule has 3 rings (SSSR count). The summed E-state index contributed by atoms with van der Waals surface area (Å²) in [5, 5.41) is 3.63. The Kier molecular flexibility index (Phi) is 3.57. The lowest BCUT2D eigenvalue weighted by molar-refractivity contribution is -0.177. The fourth-order valence-corrected chi connectivity index (χ4v) is 4.13. The zero-order valence-corrected chi connectivity index (χ0v) is 13.8. The van der Waals surface area contributed by atoms with Crippen molar-refractivity contribution in [3.05, 3.63) is 28.0 Å². The fourth-order valence-electron chi connectivity index (χ4n) is 3.78. The van der Waals surface area contributed by atoms with Gasteiger partial charge in [-0.3, -0.25) is 0 Å². The van der Waals surface area contributed by atoms with Crippen LogP contribution in [0.25, 0.3) is 0 Å². The number of rotatable bonds is 2. The molecule has 110 valence electrons. The summed E-state index contributed by atoms with van der Waals surface area (Å²) in [5.41, 5.74) is 2.08. The summed E-state index contributed by atoms with van der Waals surface area (Å²) in [6, 6.07) is 3.81. The average Bonchev–Trinajstić information content (AvgIpc) is 2.41. The molecule has 2 aliphatic rings. The Morgan fingerprint density at radius 2 is 2.15 bits per heavy atom. The monoisotopic (exact) mass is 341 g/mol. The van der Waals surface area contributed by atoms with Gasteiger partial charge in [-0.2, -0.15) is 0 Å². The molecular formula is C16H21BrFNO. The predicted octanol–water partition coefficient (Wildman–Crippen LogP) is 4.51. The molecule has 2 nitrogen and oxygen atoms in total. The summed E-state index contributed by atoms with van der Waals surface area (Å²) in [6.45, 7) is 7.34. The van der Waals surface area contributed by atoms with Gasteiger partial charge in [0, 0.05) is 29.7 Å². The summed E-state index contributed by atoms with van der Waals surface area (Å²) >= 11 is 3.27. The molecule has 1 aliphatic heterocycles. The summed E-state index contributed by atoms with van der Waals surface area (Å²) in [5.74, 6) is 0.363. The van der Waals surface area contributed by atoms with Crippen molar-refractivity contribution in [1.29, 1.82) is 0 Å². The molecule has 4 heteroatoms. The van der Waals surface area contributed by atoms with Crippen molar-refractivity contribution in [3.63, 3.8) is 0 Å². The van der Waals surface area contributed by atoms with Gasteiger partial charge in [0.2, 0.25) is 0 Å². The lowest BCUT2D eigenvalue weighted by atomic mass is 9.55. The maximum atomic E-state index is 13.5. The maximum Gasteiger partial charge on any atom is 0.137 e. The van der Waals surface area contributed by atoms with Gasteiger partial charge in [0.15, 0.2) is 0 Å². The van der Waals surface area contributed by atoms with Crippen LogP contribution >= 0.6 is 15.9 Å². The Balaban J connectivity index is 1.82. The highest BCUT2D eigenvalue weighted by Crippen LogP contribution is 2.52. The number of hydrogen-bond donors (Lipinski definition) is 1. The van der Waals surface area contributed by atoms with Crippen molar-refractivity contribution in [3.8, 4) is 0 Å². The van der Waals surface area contributed by atoms with Crippen molar-refractivity contribution < 1.29 is 9.13 Å². The number of fused-ring (bicyclic) bond motifs is 1. The minimum Gasteiger partial charge on any atom is -0.381 e. The number of ether oxygens (including phenoxy) is 1. The molecule has 0 bridgehead atoms. The van der Waals surface area contributed by atoms with Crippen molar-refractivity contribution >= 4 is 21.6 Å². The van der Waals surface area contributed by atoms with Gasteiger partial charge < -0.3 is 10.1 Å². The molecule has 0 radical (unpaired) electrons. The van der Waals surface area contributed by atoms with Gasteiger partial charge >= 0.3 is 0 Å². The average molecular weight is 342 g/mol. The number of benzene rings is 1. The van der Waals surface area contributed by atoms with Crippen molar-refractivity contribution in [2.45, 2.75) is 45.8 Å². The van der Waals surface area contributed by atoms with Crippen LogP contribution in [0.15, 0.2) is 16.6 Å². The van der Waals surface area contributed by atoms with E-state index < -0.39 is 0 Å². The van der Waals surface area contributed by atoms with Gasteiger partial charge in [-0.15, -0.1) is 0 Å². The van der Waals surface area contributed by atoms with Gasteiger partial charge in [0.05, 0.1) is 10.6 Å². The van der Waals surface area contributed by atoms with E-state index in [4.69, 9.17) is 4.74 Å². The molecule has 0 spiro atoms. The second-order valence-electron chi connectivity index (χ2n) is 6.62. The van der Waals surface area contributed by atoms with Crippen LogP contribution in [0.1, 0.15) is 32.3 Å². The lowest BCUT2D eigenvalue weighted by Crippen LogP contribution is -2.67. The van der Waals surface area contributed by atoms with Crippen LogP contribution < -0.4 is 5.32 Å². The Morgan fingerprint density at radius 3 is 2.90 bits per heavy atom. The number of hydrogen-bond acceptors (Lipinski definition) is 2. The first kappa shape index (κ1) is 14.3. The van der Waals surface area contributed by atoms with Crippen molar-refractivity contribution in [2.24, 2.45) is 11.3 Å². The normalized spacial score (nSPS) is 31.4. The minimum atomic E-state index is -0.209. The molecule has 0 amide bonds. The molecule has 1 N–H and O–H groups in total. The van der Waals surface area contributed by atoms with Gasteiger partial charge in [-0.25, -0.2) is 4.39 Å². The van der Waals surface area contributed by atoms with Crippen LogP contribution in [0.3, 0.4) is 0 Å². The van der Waals surface area contributed by atoms with E-state index in [1.165, 1.54) is 6.42 Å². The number of anilines is 1. The summed E-state index contributed by atoms with van der Waals surface area (Å²) in [4.78, 5) is 0. The smallest absolute Gasteiger partial charge is 0.137 e. The van der Waals surface area contributed by atoms with Gasteiger partial charge in [0.1, 0.15) is 5.82 Å². The Bertz CT molecular complexity index is 531. The zero-order valence-electron chi connectivity index (χ0n) is 12.2. The SMILES string of the molecule is Cc1cc(F)c(Br)cc1NC1C2CCCOC2C1(C)C. The van der Waals surface area contributed by atoms with E-state index in [2.05, 4.69) is 35.1 Å². The molecule has 1 aliphatic carbocycles. The van der Waals surface area contributed by atoms with E-state index in [1.54, 1.807) is 6.07 Å². The summed E-state index contributed by atoms with van der Waals surface area (Å²) in [6.07, 6.45) is 2.72. The van der Waals surface area contributed by atoms with E-state index in [0.29, 0.717) is 22.5 Å². The van der Waals surface area contributed by atoms with Gasteiger partial charge in [-0.05, 0) is 53.4 Å². The standard InChI is InChI=1S/C16H21BrFNO/c1-9-7-12(18)11(17)8-13(9)19-14-10-5-4-6-20-15(10)16(14,2)3/h7-8,10,14-15,19H,4-6H2,1-3H3. The fraction of sp³-hybridized carbons (Fsp3) is 0.625. The molecule has 0 aromatic heterocycles. The molecule has 3 atom stereocenters.